The van der Waals surface area contributed by atoms with Crippen molar-refractivity contribution in [1.82, 2.24) is 9.88 Å². The first-order valence-corrected chi connectivity index (χ1v) is 7.82. The molecule has 0 saturated carbocycles. The molecule has 1 fully saturated rings. The zero-order valence-electron chi connectivity index (χ0n) is 13.3. The second kappa shape index (κ2) is 6.60. The van der Waals surface area contributed by atoms with Gasteiger partial charge in [0.2, 0.25) is 5.91 Å². The van der Waals surface area contributed by atoms with Gasteiger partial charge >= 0.3 is 5.97 Å². The van der Waals surface area contributed by atoms with Crippen LogP contribution < -0.4 is 0 Å². The van der Waals surface area contributed by atoms with E-state index in [0.29, 0.717) is 18.5 Å². The number of carboxylic acid groups (broad SMARTS) is 1. The smallest absolute Gasteiger partial charge is 0.306 e. The number of amides is 1. The second-order valence-corrected chi connectivity index (χ2v) is 6.03. The van der Waals surface area contributed by atoms with E-state index in [2.05, 4.69) is 4.98 Å². The van der Waals surface area contributed by atoms with Crippen molar-refractivity contribution in [1.29, 1.82) is 0 Å². The number of carbonyl (C=O) groups excluding carboxylic acids is 1. The lowest BCUT2D eigenvalue weighted by Gasteiger charge is -2.32. The molecule has 1 aromatic carbocycles. The Morgan fingerprint density at radius 2 is 2.25 bits per heavy atom. The molecule has 0 bridgehead atoms. The molecule has 2 N–H and O–H groups in total. The molecule has 2 heterocycles. The van der Waals surface area contributed by atoms with Crippen LogP contribution in [0.4, 0.5) is 4.39 Å². The van der Waals surface area contributed by atoms with Crippen LogP contribution in [-0.4, -0.2) is 52.7 Å². The molecular formula is C17H19FN2O4. The minimum Gasteiger partial charge on any atom is -0.481 e. The highest BCUT2D eigenvalue weighted by molar-refractivity contribution is 5.90. The molecular weight excluding hydrogens is 315 g/mol. The summed E-state index contributed by atoms with van der Waals surface area (Å²) in [6.07, 6.45) is -0.461. The quantitative estimate of drug-likeness (QED) is 0.894. The van der Waals surface area contributed by atoms with Crippen LogP contribution in [0, 0.1) is 12.7 Å². The number of aromatic nitrogens is 1. The summed E-state index contributed by atoms with van der Waals surface area (Å²) < 4.78 is 18.9. The lowest BCUT2D eigenvalue weighted by molar-refractivity contribution is -0.147. The van der Waals surface area contributed by atoms with Crippen LogP contribution in [0.3, 0.4) is 0 Å². The number of rotatable bonds is 4. The van der Waals surface area contributed by atoms with Crippen LogP contribution in [-0.2, 0) is 20.7 Å². The molecule has 1 saturated heterocycles. The van der Waals surface area contributed by atoms with Crippen LogP contribution in [0.25, 0.3) is 10.9 Å². The molecule has 128 valence electrons. The van der Waals surface area contributed by atoms with E-state index in [1.807, 2.05) is 6.92 Å². The molecule has 7 heteroatoms. The Kier molecular flexibility index (Phi) is 4.53. The summed E-state index contributed by atoms with van der Waals surface area (Å²) in [5.41, 5.74) is 2.40. The van der Waals surface area contributed by atoms with Crippen LogP contribution in [0.2, 0.25) is 0 Å². The Labute approximate surface area is 138 Å². The van der Waals surface area contributed by atoms with Crippen molar-refractivity contribution >= 4 is 22.8 Å². The van der Waals surface area contributed by atoms with Gasteiger partial charge in [-0.1, -0.05) is 0 Å². The fourth-order valence-corrected chi connectivity index (χ4v) is 3.11. The normalized spacial score (nSPS) is 18.1. The lowest BCUT2D eigenvalue weighted by Crippen LogP contribution is -2.46. The molecule has 1 atom stereocenters. The van der Waals surface area contributed by atoms with Crippen LogP contribution in [0.15, 0.2) is 18.2 Å². The van der Waals surface area contributed by atoms with Gasteiger partial charge in [-0.15, -0.1) is 0 Å². The summed E-state index contributed by atoms with van der Waals surface area (Å²) in [6, 6.07) is 4.46. The van der Waals surface area contributed by atoms with E-state index >= 15 is 0 Å². The SMILES string of the molecule is Cc1[nH]c2ccc(F)cc2c1CC(=O)N1CCOC(CC(=O)O)C1. The van der Waals surface area contributed by atoms with E-state index in [1.165, 1.54) is 12.1 Å². The first-order chi connectivity index (χ1) is 11.4. The van der Waals surface area contributed by atoms with Gasteiger partial charge in [0.15, 0.2) is 0 Å². The third-order valence-corrected chi connectivity index (χ3v) is 4.30. The monoisotopic (exact) mass is 334 g/mol. The van der Waals surface area contributed by atoms with Gasteiger partial charge in [-0.3, -0.25) is 9.59 Å². The van der Waals surface area contributed by atoms with Crippen molar-refractivity contribution in [3.8, 4) is 0 Å². The third kappa shape index (κ3) is 3.41. The number of H-pyrrole nitrogens is 1. The number of aliphatic carboxylic acids is 1. The Bertz CT molecular complexity index is 786. The first-order valence-electron chi connectivity index (χ1n) is 7.82. The number of fused-ring (bicyclic) bond motifs is 1. The first kappa shape index (κ1) is 16.4. The van der Waals surface area contributed by atoms with Crippen molar-refractivity contribution in [3.05, 3.63) is 35.3 Å². The summed E-state index contributed by atoms with van der Waals surface area (Å²) in [4.78, 5) is 28.2. The number of benzene rings is 1. The van der Waals surface area contributed by atoms with Gasteiger partial charge in [0.05, 0.1) is 25.6 Å². The van der Waals surface area contributed by atoms with E-state index in [9.17, 15) is 14.0 Å². The number of carboxylic acids is 1. The van der Waals surface area contributed by atoms with Crippen molar-refractivity contribution in [2.24, 2.45) is 0 Å². The molecule has 1 aromatic heterocycles. The molecule has 2 aromatic rings. The molecule has 0 aliphatic carbocycles. The van der Waals surface area contributed by atoms with Crippen LogP contribution in [0.1, 0.15) is 17.7 Å². The van der Waals surface area contributed by atoms with Crippen molar-refractivity contribution in [3.63, 3.8) is 0 Å². The molecule has 0 radical (unpaired) electrons. The zero-order valence-corrected chi connectivity index (χ0v) is 13.3. The van der Waals surface area contributed by atoms with Crippen molar-refractivity contribution in [2.75, 3.05) is 19.7 Å². The topological polar surface area (TPSA) is 82.6 Å². The Morgan fingerprint density at radius 1 is 1.46 bits per heavy atom. The Balaban J connectivity index is 1.76. The van der Waals surface area contributed by atoms with E-state index < -0.39 is 12.1 Å². The minimum atomic E-state index is -0.947. The summed E-state index contributed by atoms with van der Waals surface area (Å²) in [6.45, 7) is 2.88. The number of carbonyl (C=O) groups is 2. The average molecular weight is 334 g/mol. The fraction of sp³-hybridized carbons (Fsp3) is 0.412. The van der Waals surface area contributed by atoms with Gasteiger partial charge in [0.1, 0.15) is 5.82 Å². The molecule has 1 aliphatic rings. The Hall–Kier alpha value is -2.41. The number of hydrogen-bond acceptors (Lipinski definition) is 3. The highest BCUT2D eigenvalue weighted by Crippen LogP contribution is 2.24. The number of morpholine rings is 1. The molecule has 24 heavy (non-hydrogen) atoms. The van der Waals surface area contributed by atoms with Crippen LogP contribution >= 0.6 is 0 Å². The molecule has 1 unspecified atom stereocenters. The van der Waals surface area contributed by atoms with E-state index in [4.69, 9.17) is 9.84 Å². The van der Waals surface area contributed by atoms with Gasteiger partial charge in [-0.2, -0.15) is 0 Å². The summed E-state index contributed by atoms with van der Waals surface area (Å²) in [5.74, 6) is -1.40. The van der Waals surface area contributed by atoms with Crippen molar-refractivity contribution in [2.45, 2.75) is 25.9 Å². The van der Waals surface area contributed by atoms with Gasteiger partial charge in [0, 0.05) is 29.7 Å². The predicted molar refractivity (Wildman–Crippen MR) is 85.3 cm³/mol. The summed E-state index contributed by atoms with van der Waals surface area (Å²) in [7, 11) is 0. The second-order valence-electron chi connectivity index (χ2n) is 6.03. The molecule has 6 nitrogen and oxygen atoms in total. The van der Waals surface area contributed by atoms with Crippen LogP contribution in [0.5, 0.6) is 0 Å². The number of halogens is 1. The Morgan fingerprint density at radius 3 is 3.00 bits per heavy atom. The van der Waals surface area contributed by atoms with Gasteiger partial charge in [0.25, 0.3) is 0 Å². The minimum absolute atomic E-state index is 0.109. The summed E-state index contributed by atoms with van der Waals surface area (Å²) in [5, 5.41) is 9.56. The number of nitrogens with zero attached hydrogens (tertiary/aromatic N) is 1. The predicted octanol–water partition coefficient (Wildman–Crippen LogP) is 1.86. The highest BCUT2D eigenvalue weighted by Gasteiger charge is 2.26. The maximum absolute atomic E-state index is 13.5. The van der Waals surface area contributed by atoms with E-state index in [-0.39, 0.29) is 31.1 Å². The lowest BCUT2D eigenvalue weighted by atomic mass is 10.1. The fourth-order valence-electron chi connectivity index (χ4n) is 3.11. The molecule has 0 spiro atoms. The highest BCUT2D eigenvalue weighted by atomic mass is 19.1. The van der Waals surface area contributed by atoms with Gasteiger partial charge in [-0.05, 0) is 30.7 Å². The zero-order chi connectivity index (χ0) is 17.3. The maximum atomic E-state index is 13.5. The number of aryl methyl sites for hydroxylation is 1. The van der Waals surface area contributed by atoms with Crippen molar-refractivity contribution < 1.29 is 23.8 Å². The van der Waals surface area contributed by atoms with Gasteiger partial charge < -0.3 is 19.7 Å². The number of aromatic amines is 1. The molecule has 3 rings (SSSR count). The third-order valence-electron chi connectivity index (χ3n) is 4.30. The summed E-state index contributed by atoms with van der Waals surface area (Å²) >= 11 is 0. The van der Waals surface area contributed by atoms with E-state index in [1.54, 1.807) is 11.0 Å². The number of ether oxygens (including phenoxy) is 1. The standard InChI is InChI=1S/C17H19FN2O4/c1-10-13(14-6-11(18)2-3-15(14)19-10)8-16(21)20-4-5-24-12(9-20)7-17(22)23/h2-3,6,12,19H,4-5,7-9H2,1H3,(H,22,23). The van der Waals surface area contributed by atoms with E-state index in [0.717, 1.165) is 16.8 Å². The largest absolute Gasteiger partial charge is 0.481 e. The molecule has 1 amide bonds. The maximum Gasteiger partial charge on any atom is 0.306 e. The number of hydrogen-bond donors (Lipinski definition) is 2. The number of nitrogens with one attached hydrogen (secondary N) is 1. The van der Waals surface area contributed by atoms with Gasteiger partial charge in [-0.25, -0.2) is 4.39 Å². The average Bonchev–Trinajstić information content (AvgIpc) is 2.82. The molecule has 1 aliphatic heterocycles.